The van der Waals surface area contributed by atoms with Crippen LogP contribution in [0.3, 0.4) is 0 Å². The van der Waals surface area contributed by atoms with Gasteiger partial charge in [0.1, 0.15) is 6.61 Å². The molecule has 2 aromatic heterocycles. The number of hydrogen-bond acceptors (Lipinski definition) is 6. The quantitative estimate of drug-likeness (QED) is 0.800. The molecule has 0 aromatic carbocycles. The van der Waals surface area contributed by atoms with Gasteiger partial charge in [-0.2, -0.15) is 10.1 Å². The minimum atomic E-state index is 0.373. The maximum atomic E-state index is 5.22. The van der Waals surface area contributed by atoms with Gasteiger partial charge in [0.25, 0.3) is 0 Å². The first-order valence-corrected chi connectivity index (χ1v) is 5.92. The minimum absolute atomic E-state index is 0.373. The van der Waals surface area contributed by atoms with E-state index in [9.17, 15) is 0 Å². The lowest BCUT2D eigenvalue weighted by Crippen LogP contribution is -2.21. The number of rotatable bonds is 4. The zero-order valence-electron chi connectivity index (χ0n) is 10.2. The van der Waals surface area contributed by atoms with Crippen molar-refractivity contribution in [2.24, 2.45) is 0 Å². The van der Waals surface area contributed by atoms with Crippen LogP contribution < -0.4 is 4.90 Å². The van der Waals surface area contributed by atoms with E-state index in [-0.39, 0.29) is 0 Å². The molecule has 0 saturated carbocycles. The number of methoxy groups -OCH3 is 1. The first-order valence-electron chi connectivity index (χ1n) is 5.92. The number of aromatic nitrogens is 4. The van der Waals surface area contributed by atoms with Gasteiger partial charge in [-0.3, -0.25) is 4.68 Å². The maximum Gasteiger partial charge on any atom is 0.324 e. The number of ether oxygens (including phenoxy) is 1. The third-order valence-electron chi connectivity index (χ3n) is 3.06. The number of anilines is 1. The molecule has 1 aliphatic rings. The van der Waals surface area contributed by atoms with E-state index < -0.39 is 0 Å². The first kappa shape index (κ1) is 11.2. The maximum absolute atomic E-state index is 5.22. The van der Waals surface area contributed by atoms with Crippen molar-refractivity contribution in [3.63, 3.8) is 0 Å². The molecule has 7 heteroatoms. The molecule has 1 unspecified atom stereocenters. The van der Waals surface area contributed by atoms with Crippen LogP contribution in [0.1, 0.15) is 18.3 Å². The summed E-state index contributed by atoms with van der Waals surface area (Å²) in [6.45, 7) is 2.12. The summed E-state index contributed by atoms with van der Waals surface area (Å²) in [7, 11) is 1.61. The van der Waals surface area contributed by atoms with Crippen molar-refractivity contribution in [1.29, 1.82) is 0 Å². The largest absolute Gasteiger partial charge is 0.377 e. The van der Waals surface area contributed by atoms with Crippen LogP contribution in [0.2, 0.25) is 0 Å². The highest BCUT2D eigenvalue weighted by Crippen LogP contribution is 2.25. The fourth-order valence-electron chi connectivity index (χ4n) is 2.19. The van der Waals surface area contributed by atoms with Gasteiger partial charge >= 0.3 is 6.01 Å². The van der Waals surface area contributed by atoms with E-state index in [1.165, 1.54) is 0 Å². The number of hydrogen-bond donors (Lipinski definition) is 0. The minimum Gasteiger partial charge on any atom is -0.377 e. The molecular formula is C11H15N5O2. The van der Waals surface area contributed by atoms with E-state index in [0.29, 0.717) is 24.5 Å². The lowest BCUT2D eigenvalue weighted by Gasteiger charge is -2.12. The Hall–Kier alpha value is -1.89. The van der Waals surface area contributed by atoms with E-state index >= 15 is 0 Å². The third kappa shape index (κ3) is 2.08. The van der Waals surface area contributed by atoms with Crippen LogP contribution in [0.15, 0.2) is 23.0 Å². The predicted octanol–water partition coefficient (Wildman–Crippen LogP) is 0.864. The molecule has 7 nitrogen and oxygen atoms in total. The second-order valence-corrected chi connectivity index (χ2v) is 4.30. The smallest absolute Gasteiger partial charge is 0.324 e. The Morgan fingerprint density at radius 2 is 2.50 bits per heavy atom. The normalized spacial score (nSPS) is 19.6. The van der Waals surface area contributed by atoms with Crippen LogP contribution in [-0.2, 0) is 11.3 Å². The SMILES string of the molecule is COCc1noc(N2CCC(n3cccn3)C2)n1. The Balaban J connectivity index is 1.67. The van der Waals surface area contributed by atoms with Gasteiger partial charge in [0.15, 0.2) is 5.82 Å². The zero-order valence-corrected chi connectivity index (χ0v) is 10.2. The molecule has 0 N–H and O–H groups in total. The summed E-state index contributed by atoms with van der Waals surface area (Å²) in [6, 6.07) is 2.88. The van der Waals surface area contributed by atoms with E-state index in [1.54, 1.807) is 13.3 Å². The van der Waals surface area contributed by atoms with Gasteiger partial charge in [-0.1, -0.05) is 5.16 Å². The third-order valence-corrected chi connectivity index (χ3v) is 3.06. The second-order valence-electron chi connectivity index (χ2n) is 4.30. The van der Waals surface area contributed by atoms with Crippen LogP contribution in [0.5, 0.6) is 0 Å². The van der Waals surface area contributed by atoms with Crippen molar-refractivity contribution in [2.45, 2.75) is 19.1 Å². The fraction of sp³-hybridized carbons (Fsp3) is 0.545. The molecular weight excluding hydrogens is 234 g/mol. The van der Waals surface area contributed by atoms with Gasteiger partial charge in [-0.25, -0.2) is 0 Å². The highest BCUT2D eigenvalue weighted by Gasteiger charge is 2.27. The summed E-state index contributed by atoms with van der Waals surface area (Å²) in [4.78, 5) is 6.37. The highest BCUT2D eigenvalue weighted by atomic mass is 16.5. The van der Waals surface area contributed by atoms with Gasteiger partial charge in [0, 0.05) is 32.6 Å². The molecule has 2 aromatic rings. The molecule has 0 bridgehead atoms. The lowest BCUT2D eigenvalue weighted by atomic mass is 10.3. The van der Waals surface area contributed by atoms with Crippen molar-refractivity contribution in [3.05, 3.63) is 24.3 Å². The predicted molar refractivity (Wildman–Crippen MR) is 63.1 cm³/mol. The highest BCUT2D eigenvalue weighted by molar-refractivity contribution is 5.27. The summed E-state index contributed by atoms with van der Waals surface area (Å²) in [5.41, 5.74) is 0. The molecule has 0 radical (unpaired) electrons. The van der Waals surface area contributed by atoms with Crippen molar-refractivity contribution >= 4 is 6.01 Å². The molecule has 0 spiro atoms. The monoisotopic (exact) mass is 249 g/mol. The summed E-state index contributed by atoms with van der Waals surface area (Å²) < 4.78 is 12.2. The number of nitrogens with zero attached hydrogens (tertiary/aromatic N) is 5. The Morgan fingerprint density at radius 3 is 3.28 bits per heavy atom. The van der Waals surface area contributed by atoms with Crippen LogP contribution in [0.25, 0.3) is 0 Å². The molecule has 1 saturated heterocycles. The van der Waals surface area contributed by atoms with E-state index in [2.05, 4.69) is 20.1 Å². The van der Waals surface area contributed by atoms with Crippen molar-refractivity contribution < 1.29 is 9.26 Å². The summed E-state index contributed by atoms with van der Waals surface area (Å²) in [5.74, 6) is 0.579. The van der Waals surface area contributed by atoms with E-state index in [4.69, 9.17) is 9.26 Å². The van der Waals surface area contributed by atoms with E-state index in [1.807, 2.05) is 16.9 Å². The van der Waals surface area contributed by atoms with Gasteiger partial charge in [0.05, 0.1) is 6.04 Å². The standard InChI is InChI=1S/C11H15N5O2/c1-17-8-10-13-11(18-14-10)15-6-3-9(7-15)16-5-2-4-12-16/h2,4-5,9H,3,6-8H2,1H3. The summed E-state index contributed by atoms with van der Waals surface area (Å²) in [6.07, 6.45) is 4.81. The second kappa shape index (κ2) is 4.77. The molecule has 0 amide bonds. The van der Waals surface area contributed by atoms with Gasteiger partial charge in [-0.05, 0) is 12.5 Å². The molecule has 1 aliphatic heterocycles. The molecule has 3 heterocycles. The Kier molecular flexibility index (Phi) is 2.97. The first-order chi connectivity index (χ1) is 8.86. The van der Waals surface area contributed by atoms with E-state index in [0.717, 1.165) is 19.5 Å². The topological polar surface area (TPSA) is 69.2 Å². The lowest BCUT2D eigenvalue weighted by molar-refractivity contribution is 0.174. The fourth-order valence-corrected chi connectivity index (χ4v) is 2.19. The van der Waals surface area contributed by atoms with Crippen LogP contribution in [-0.4, -0.2) is 40.1 Å². The summed E-state index contributed by atoms with van der Waals surface area (Å²) in [5, 5.41) is 8.13. The summed E-state index contributed by atoms with van der Waals surface area (Å²) >= 11 is 0. The van der Waals surface area contributed by atoms with Gasteiger partial charge < -0.3 is 14.2 Å². The molecule has 96 valence electrons. The Morgan fingerprint density at radius 1 is 1.56 bits per heavy atom. The molecule has 18 heavy (non-hydrogen) atoms. The Labute approximate surface area is 104 Å². The van der Waals surface area contributed by atoms with Crippen LogP contribution in [0.4, 0.5) is 6.01 Å². The molecule has 1 fully saturated rings. The molecule has 0 aliphatic carbocycles. The molecule has 1 atom stereocenters. The average Bonchev–Trinajstić information content (AvgIpc) is 3.10. The van der Waals surface area contributed by atoms with Crippen LogP contribution >= 0.6 is 0 Å². The molecule has 3 rings (SSSR count). The van der Waals surface area contributed by atoms with Crippen molar-refractivity contribution in [2.75, 3.05) is 25.1 Å². The average molecular weight is 249 g/mol. The van der Waals surface area contributed by atoms with Gasteiger partial charge in [-0.15, -0.1) is 0 Å². The van der Waals surface area contributed by atoms with Gasteiger partial charge in [0.2, 0.25) is 0 Å². The Bertz CT molecular complexity index is 495. The zero-order chi connectivity index (χ0) is 12.4. The van der Waals surface area contributed by atoms with Crippen molar-refractivity contribution in [1.82, 2.24) is 19.9 Å². The van der Waals surface area contributed by atoms with Crippen molar-refractivity contribution in [3.8, 4) is 0 Å². The van der Waals surface area contributed by atoms with Crippen LogP contribution in [0, 0.1) is 0 Å².